The van der Waals surface area contributed by atoms with Crippen molar-refractivity contribution in [3.8, 4) is 0 Å². The Kier molecular flexibility index (Phi) is 2.94. The smallest absolute Gasteiger partial charge is 0.340 e. The normalized spacial score (nSPS) is 21.5. The molecule has 1 aliphatic rings. The highest BCUT2D eigenvalue weighted by molar-refractivity contribution is 6.69. The van der Waals surface area contributed by atoms with Crippen molar-refractivity contribution in [1.29, 1.82) is 0 Å². The van der Waals surface area contributed by atoms with Crippen LogP contribution in [-0.2, 0) is 0 Å². The maximum Gasteiger partial charge on any atom is 0.340 e. The molecule has 0 aromatic rings. The summed E-state index contributed by atoms with van der Waals surface area (Å²) in [5, 5.41) is 8.49. The number of hydrogen-bond donors (Lipinski definition) is 1. The van der Waals surface area contributed by atoms with E-state index in [1.54, 1.807) is 0 Å². The summed E-state index contributed by atoms with van der Waals surface area (Å²) in [7, 11) is 0.215. The van der Waals surface area contributed by atoms with Gasteiger partial charge in [-0.3, -0.25) is 4.79 Å². The number of rotatable bonds is 2. The van der Waals surface area contributed by atoms with Crippen molar-refractivity contribution in [2.45, 2.75) is 19.8 Å². The van der Waals surface area contributed by atoms with E-state index in [-0.39, 0.29) is 7.41 Å². The van der Waals surface area contributed by atoms with Crippen LogP contribution >= 0.6 is 0 Å². The summed E-state index contributed by atoms with van der Waals surface area (Å²) in [6, 6.07) is 0. The zero-order valence-electron chi connectivity index (χ0n) is 6.92. The van der Waals surface area contributed by atoms with Gasteiger partial charge in [-0.1, -0.05) is 6.92 Å². The molecule has 1 aliphatic heterocycles. The van der Waals surface area contributed by atoms with Crippen molar-refractivity contribution in [3.05, 3.63) is 0 Å². The zero-order chi connectivity index (χ0) is 8.27. The Labute approximate surface area is 67.6 Å². The average molecular weight is 155 g/mol. The van der Waals surface area contributed by atoms with Crippen molar-refractivity contribution in [2.75, 3.05) is 13.1 Å². The highest BCUT2D eigenvalue weighted by Gasteiger charge is 2.18. The van der Waals surface area contributed by atoms with Crippen LogP contribution in [-0.4, -0.2) is 36.3 Å². The Morgan fingerprint density at radius 3 is 2.55 bits per heavy atom. The van der Waals surface area contributed by atoms with E-state index in [2.05, 4.69) is 6.92 Å². The van der Waals surface area contributed by atoms with E-state index in [0.717, 1.165) is 31.8 Å². The fourth-order valence-corrected chi connectivity index (χ4v) is 1.41. The van der Waals surface area contributed by atoms with Gasteiger partial charge < -0.3 is 9.92 Å². The lowest BCUT2D eigenvalue weighted by Gasteiger charge is -2.28. The van der Waals surface area contributed by atoms with Gasteiger partial charge in [0.05, 0.1) is 0 Å². The molecule has 1 rings (SSSR count). The first-order valence-electron chi connectivity index (χ1n) is 4.12. The van der Waals surface area contributed by atoms with Crippen LogP contribution in [0.5, 0.6) is 0 Å². The third kappa shape index (κ3) is 2.93. The van der Waals surface area contributed by atoms with Crippen molar-refractivity contribution >= 4 is 13.3 Å². The van der Waals surface area contributed by atoms with E-state index in [4.69, 9.17) is 5.11 Å². The Morgan fingerprint density at radius 1 is 1.55 bits per heavy atom. The minimum absolute atomic E-state index is 0.215. The highest BCUT2D eigenvalue weighted by Crippen LogP contribution is 2.14. The first-order chi connectivity index (χ1) is 5.18. The number of hydrogen-bond acceptors (Lipinski definition) is 2. The second-order valence-electron chi connectivity index (χ2n) is 3.35. The molecule has 3 nitrogen and oxygen atoms in total. The summed E-state index contributed by atoms with van der Waals surface area (Å²) in [5.74, 6) is 0.0691. The topological polar surface area (TPSA) is 40.5 Å². The Balaban J connectivity index is 2.22. The van der Waals surface area contributed by atoms with Crippen LogP contribution in [0.4, 0.5) is 4.79 Å². The van der Waals surface area contributed by atoms with E-state index in [0.29, 0.717) is 0 Å². The van der Waals surface area contributed by atoms with Crippen LogP contribution in [0.1, 0.15) is 19.8 Å². The van der Waals surface area contributed by atoms with Gasteiger partial charge in [0.1, 0.15) is 0 Å². The van der Waals surface area contributed by atoms with Crippen LogP contribution in [0.3, 0.4) is 0 Å². The lowest BCUT2D eigenvalue weighted by atomic mass is 9.86. The predicted octanol–water partition coefficient (Wildman–Crippen LogP) is 0.748. The van der Waals surface area contributed by atoms with Gasteiger partial charge in [-0.05, 0) is 31.8 Å². The standard InChI is InChI=1S/C7H14BNO2/c1-6-2-4-9(5-3-6)8-7(10)11/h6,8H,2-5H2,1H3,(H,10,11). The van der Waals surface area contributed by atoms with E-state index >= 15 is 0 Å². The van der Waals surface area contributed by atoms with Gasteiger partial charge in [0.15, 0.2) is 0 Å². The van der Waals surface area contributed by atoms with Gasteiger partial charge in [-0.2, -0.15) is 0 Å². The monoisotopic (exact) mass is 155 g/mol. The summed E-state index contributed by atoms with van der Waals surface area (Å²) in [4.78, 5) is 12.3. The lowest BCUT2D eigenvalue weighted by Crippen LogP contribution is -2.39. The molecule has 0 aromatic carbocycles. The van der Waals surface area contributed by atoms with Crippen LogP contribution in [0.25, 0.3) is 0 Å². The molecule has 0 amide bonds. The van der Waals surface area contributed by atoms with Gasteiger partial charge in [-0.15, -0.1) is 0 Å². The van der Waals surface area contributed by atoms with Crippen LogP contribution < -0.4 is 0 Å². The summed E-state index contributed by atoms with van der Waals surface area (Å²) >= 11 is 0. The molecule has 1 N–H and O–H groups in total. The van der Waals surface area contributed by atoms with Crippen LogP contribution in [0.15, 0.2) is 0 Å². The minimum atomic E-state index is -0.709. The Bertz CT molecular complexity index is 143. The van der Waals surface area contributed by atoms with E-state index in [9.17, 15) is 4.79 Å². The molecular formula is C7H14BNO2. The summed E-state index contributed by atoms with van der Waals surface area (Å²) < 4.78 is 0. The molecule has 0 bridgehead atoms. The predicted molar refractivity (Wildman–Crippen MR) is 45.1 cm³/mol. The Hall–Kier alpha value is -0.505. The lowest BCUT2D eigenvalue weighted by molar-refractivity contribution is 0.214. The second-order valence-corrected chi connectivity index (χ2v) is 3.35. The maximum atomic E-state index is 10.3. The molecule has 0 unspecified atom stereocenters. The maximum absolute atomic E-state index is 10.3. The molecule has 1 heterocycles. The minimum Gasteiger partial charge on any atom is -0.488 e. The van der Waals surface area contributed by atoms with Gasteiger partial charge in [0, 0.05) is 0 Å². The summed E-state index contributed by atoms with van der Waals surface area (Å²) in [6.07, 6.45) is 2.29. The molecule has 0 aromatic heterocycles. The van der Waals surface area contributed by atoms with Crippen molar-refractivity contribution < 1.29 is 9.90 Å². The molecule has 1 saturated heterocycles. The molecule has 62 valence electrons. The molecule has 0 spiro atoms. The van der Waals surface area contributed by atoms with Crippen molar-refractivity contribution in [1.82, 2.24) is 4.81 Å². The van der Waals surface area contributed by atoms with Crippen molar-refractivity contribution in [3.63, 3.8) is 0 Å². The molecule has 0 radical (unpaired) electrons. The van der Waals surface area contributed by atoms with Gasteiger partial charge in [0.2, 0.25) is 0 Å². The molecule has 11 heavy (non-hydrogen) atoms. The number of carboxylic acid groups (broad SMARTS) is 1. The molecule has 0 aliphatic carbocycles. The van der Waals surface area contributed by atoms with E-state index < -0.39 is 5.87 Å². The third-order valence-corrected chi connectivity index (χ3v) is 2.24. The quantitative estimate of drug-likeness (QED) is 0.598. The number of piperidine rings is 1. The Morgan fingerprint density at radius 2 is 2.09 bits per heavy atom. The fourth-order valence-electron chi connectivity index (χ4n) is 1.41. The fraction of sp³-hybridized carbons (Fsp3) is 0.857. The molecule has 0 saturated carbocycles. The van der Waals surface area contributed by atoms with Gasteiger partial charge in [0.25, 0.3) is 5.87 Å². The van der Waals surface area contributed by atoms with E-state index in [1.807, 2.05) is 4.81 Å². The third-order valence-electron chi connectivity index (χ3n) is 2.24. The SMILES string of the molecule is CC1CCN(BC(=O)O)CC1. The molecule has 0 atom stereocenters. The number of carbonyl (C=O) groups is 1. The largest absolute Gasteiger partial charge is 0.488 e. The van der Waals surface area contributed by atoms with Crippen LogP contribution in [0, 0.1) is 5.92 Å². The first-order valence-corrected chi connectivity index (χ1v) is 4.12. The zero-order valence-corrected chi connectivity index (χ0v) is 6.92. The average Bonchev–Trinajstić information content (AvgIpc) is 1.93. The van der Waals surface area contributed by atoms with Gasteiger partial charge in [-0.25, -0.2) is 0 Å². The second kappa shape index (κ2) is 3.76. The molecule has 4 heteroatoms. The molecule has 1 fully saturated rings. The van der Waals surface area contributed by atoms with Crippen molar-refractivity contribution in [2.24, 2.45) is 5.92 Å². The first kappa shape index (κ1) is 8.59. The summed E-state index contributed by atoms with van der Waals surface area (Å²) in [5.41, 5.74) is 0. The summed E-state index contributed by atoms with van der Waals surface area (Å²) in [6.45, 7) is 4.12. The molecular weight excluding hydrogens is 141 g/mol. The highest BCUT2D eigenvalue weighted by atomic mass is 16.4. The van der Waals surface area contributed by atoms with E-state index in [1.165, 1.54) is 0 Å². The van der Waals surface area contributed by atoms with Gasteiger partial charge >= 0.3 is 7.41 Å². The number of nitrogens with zero attached hydrogens (tertiary/aromatic N) is 1. The van der Waals surface area contributed by atoms with Crippen LogP contribution in [0.2, 0.25) is 0 Å².